The first-order valence-corrected chi connectivity index (χ1v) is 7.01. The molecule has 0 saturated carbocycles. The third-order valence-corrected chi connectivity index (χ3v) is 6.09. The second-order valence-electron chi connectivity index (χ2n) is 3.83. The molecule has 6 nitrogen and oxygen atoms in total. The van der Waals surface area contributed by atoms with Crippen LogP contribution in [0.3, 0.4) is 0 Å². The Morgan fingerprint density at radius 3 is 3.06 bits per heavy atom. The first kappa shape index (κ1) is 13.0. The number of hydrogen-bond donors (Lipinski definition) is 2. The maximum absolute atomic E-state index is 11.6. The highest BCUT2D eigenvalue weighted by Gasteiger charge is 2.62. The molecular formula is C9H14N2O4S2. The molecule has 17 heavy (non-hydrogen) atoms. The molecule has 0 bridgehead atoms. The summed E-state index contributed by atoms with van der Waals surface area (Å²) in [5.74, 6) is -0.467. The van der Waals surface area contributed by atoms with Crippen molar-refractivity contribution >= 4 is 35.4 Å². The number of carboxylic acids is 1. The number of nitrogens with two attached hydrogens (primary N) is 1. The van der Waals surface area contributed by atoms with Gasteiger partial charge in [-0.3, -0.25) is 4.79 Å². The second kappa shape index (κ2) is 4.68. The van der Waals surface area contributed by atoms with E-state index in [1.54, 1.807) is 4.90 Å². The first-order valence-electron chi connectivity index (χ1n) is 5.14. The summed E-state index contributed by atoms with van der Waals surface area (Å²) >= 11 is 2.57. The summed E-state index contributed by atoms with van der Waals surface area (Å²) in [6.45, 7) is 0.646. The molecule has 1 unspecified atom stereocenters. The molecule has 0 aromatic rings. The fraction of sp³-hybridized carbons (Fsp3) is 0.778. The van der Waals surface area contributed by atoms with Gasteiger partial charge in [-0.15, -0.1) is 23.5 Å². The summed E-state index contributed by atoms with van der Waals surface area (Å²) in [4.78, 5) is 24.6. The van der Waals surface area contributed by atoms with Crippen molar-refractivity contribution in [1.82, 2.24) is 4.90 Å². The maximum atomic E-state index is 11.6. The van der Waals surface area contributed by atoms with Gasteiger partial charge >= 0.3 is 5.97 Å². The zero-order chi connectivity index (χ0) is 12.6. The first-order chi connectivity index (χ1) is 8.05. The molecule has 3 atom stereocenters. The van der Waals surface area contributed by atoms with Crippen molar-refractivity contribution in [2.45, 2.75) is 15.6 Å². The van der Waals surface area contributed by atoms with E-state index in [-0.39, 0.29) is 17.8 Å². The molecule has 2 rings (SSSR count). The number of thioether (sulfide) groups is 2. The number of amides is 1. The Kier molecular flexibility index (Phi) is 3.58. The lowest BCUT2D eigenvalue weighted by atomic mass is 10.1. The van der Waals surface area contributed by atoms with Crippen LogP contribution >= 0.6 is 23.5 Å². The molecular weight excluding hydrogens is 264 g/mol. The van der Waals surface area contributed by atoms with E-state index < -0.39 is 16.2 Å². The van der Waals surface area contributed by atoms with Crippen LogP contribution in [-0.2, 0) is 14.3 Å². The zero-order valence-corrected chi connectivity index (χ0v) is 10.9. The van der Waals surface area contributed by atoms with Gasteiger partial charge in [-0.2, -0.15) is 0 Å². The lowest BCUT2D eigenvalue weighted by Gasteiger charge is -2.39. The minimum Gasteiger partial charge on any atom is -0.480 e. The smallest absolute Gasteiger partial charge is 0.332 e. The summed E-state index contributed by atoms with van der Waals surface area (Å²) in [6.07, 6.45) is -0.500. The van der Waals surface area contributed by atoms with Crippen LogP contribution in [0.5, 0.6) is 0 Å². The van der Waals surface area contributed by atoms with Crippen molar-refractivity contribution < 1.29 is 19.4 Å². The molecule has 0 aliphatic carbocycles. The molecule has 0 aromatic heterocycles. The standard InChI is InChI=1S/C9H14N2O4S2/c1-15-5-6(12)11-4-9(8(13)14,16-3-2-10)17-7(5)11/h5,7H,2-4,10H2,1H3,(H,13,14)/t5-,7+,9?/m0/s1. The van der Waals surface area contributed by atoms with E-state index in [2.05, 4.69) is 0 Å². The normalized spacial score (nSPS) is 35.6. The molecule has 0 aromatic carbocycles. The van der Waals surface area contributed by atoms with Crippen LogP contribution in [0.15, 0.2) is 0 Å². The van der Waals surface area contributed by atoms with Crippen molar-refractivity contribution in [3.05, 3.63) is 0 Å². The predicted molar refractivity (Wildman–Crippen MR) is 65.8 cm³/mol. The number of rotatable bonds is 5. The number of carboxylic acid groups (broad SMARTS) is 1. The van der Waals surface area contributed by atoms with Gasteiger partial charge in [0.2, 0.25) is 0 Å². The topological polar surface area (TPSA) is 92.9 Å². The molecule has 2 saturated heterocycles. The molecule has 0 spiro atoms. The van der Waals surface area contributed by atoms with Gasteiger partial charge in [0.25, 0.3) is 5.91 Å². The van der Waals surface area contributed by atoms with Crippen LogP contribution in [0.25, 0.3) is 0 Å². The number of carbonyl (C=O) groups excluding carboxylic acids is 1. The molecule has 2 heterocycles. The molecule has 1 amide bonds. The Hall–Kier alpha value is -0.440. The van der Waals surface area contributed by atoms with Gasteiger partial charge < -0.3 is 20.5 Å². The van der Waals surface area contributed by atoms with E-state index in [0.717, 1.165) is 0 Å². The number of β-lactam (4-membered cyclic amide) rings is 1. The maximum Gasteiger partial charge on any atom is 0.332 e. The van der Waals surface area contributed by atoms with Crippen LogP contribution in [-0.4, -0.2) is 63.4 Å². The van der Waals surface area contributed by atoms with Gasteiger partial charge in [-0.1, -0.05) is 0 Å². The number of carbonyl (C=O) groups is 2. The van der Waals surface area contributed by atoms with Crippen molar-refractivity contribution in [2.75, 3.05) is 26.0 Å². The molecule has 2 aliphatic rings. The number of hydrogen-bond acceptors (Lipinski definition) is 6. The van der Waals surface area contributed by atoms with E-state index in [1.807, 2.05) is 0 Å². The van der Waals surface area contributed by atoms with Crippen molar-refractivity contribution in [2.24, 2.45) is 5.73 Å². The summed E-state index contributed by atoms with van der Waals surface area (Å²) in [5.41, 5.74) is 5.40. The average Bonchev–Trinajstić information content (AvgIpc) is 2.64. The van der Waals surface area contributed by atoms with Crippen molar-refractivity contribution in [3.8, 4) is 0 Å². The second-order valence-corrected chi connectivity index (χ2v) is 6.89. The van der Waals surface area contributed by atoms with Gasteiger partial charge in [-0.25, -0.2) is 4.79 Å². The molecule has 8 heteroatoms. The summed E-state index contributed by atoms with van der Waals surface area (Å²) in [7, 11) is 1.47. The van der Waals surface area contributed by atoms with E-state index in [4.69, 9.17) is 10.5 Å². The minimum atomic E-state index is -0.993. The molecule has 0 radical (unpaired) electrons. The average molecular weight is 278 g/mol. The lowest BCUT2D eigenvalue weighted by Crippen LogP contribution is -2.61. The number of aliphatic carboxylic acids is 1. The highest BCUT2D eigenvalue weighted by Crippen LogP contribution is 2.52. The largest absolute Gasteiger partial charge is 0.480 e. The fourth-order valence-corrected chi connectivity index (χ4v) is 4.92. The molecule has 96 valence electrons. The van der Waals surface area contributed by atoms with E-state index in [0.29, 0.717) is 12.3 Å². The van der Waals surface area contributed by atoms with Crippen LogP contribution in [0.1, 0.15) is 0 Å². The van der Waals surface area contributed by atoms with Gasteiger partial charge in [-0.05, 0) is 0 Å². The highest BCUT2D eigenvalue weighted by atomic mass is 32.2. The van der Waals surface area contributed by atoms with E-state index in [1.165, 1.54) is 30.6 Å². The molecule has 2 fully saturated rings. The van der Waals surface area contributed by atoms with Gasteiger partial charge in [0.05, 0.1) is 6.54 Å². The SMILES string of the molecule is CO[C@H]1C(=O)N2CC(SCCN)(C(=O)O)S[C@H]12. The number of nitrogens with zero attached hydrogens (tertiary/aromatic N) is 1. The Morgan fingerprint density at radius 2 is 2.53 bits per heavy atom. The third-order valence-electron chi connectivity index (χ3n) is 2.82. The molecule has 3 N–H and O–H groups in total. The Balaban J connectivity index is 2.12. The third kappa shape index (κ3) is 1.92. The van der Waals surface area contributed by atoms with Crippen molar-refractivity contribution in [3.63, 3.8) is 0 Å². The highest BCUT2D eigenvalue weighted by molar-refractivity contribution is 8.20. The zero-order valence-electron chi connectivity index (χ0n) is 9.29. The van der Waals surface area contributed by atoms with E-state index in [9.17, 15) is 14.7 Å². The quantitative estimate of drug-likeness (QED) is 0.648. The Labute approximate surface area is 107 Å². The molecule has 2 aliphatic heterocycles. The van der Waals surface area contributed by atoms with Crippen LogP contribution in [0, 0.1) is 0 Å². The number of ether oxygens (including phenoxy) is 1. The van der Waals surface area contributed by atoms with E-state index >= 15 is 0 Å². The summed E-state index contributed by atoms with van der Waals surface area (Å²) < 4.78 is 4.06. The van der Waals surface area contributed by atoms with Gasteiger partial charge in [0.1, 0.15) is 5.37 Å². The van der Waals surface area contributed by atoms with Crippen LogP contribution in [0.4, 0.5) is 0 Å². The lowest BCUT2D eigenvalue weighted by molar-refractivity contribution is -0.161. The number of methoxy groups -OCH3 is 1. The van der Waals surface area contributed by atoms with Crippen molar-refractivity contribution in [1.29, 1.82) is 0 Å². The minimum absolute atomic E-state index is 0.124. The number of fused-ring (bicyclic) bond motifs is 1. The Bertz CT molecular complexity index is 354. The van der Waals surface area contributed by atoms with Gasteiger partial charge in [0, 0.05) is 19.4 Å². The van der Waals surface area contributed by atoms with Crippen LogP contribution < -0.4 is 5.73 Å². The summed E-state index contributed by atoms with van der Waals surface area (Å²) in [5, 5.41) is 9.17. The van der Waals surface area contributed by atoms with Crippen LogP contribution in [0.2, 0.25) is 0 Å². The fourth-order valence-electron chi connectivity index (χ4n) is 1.94. The monoisotopic (exact) mass is 278 g/mol. The predicted octanol–water partition coefficient (Wildman–Crippen LogP) is -0.611. The summed E-state index contributed by atoms with van der Waals surface area (Å²) in [6, 6.07) is 0. The van der Waals surface area contributed by atoms with Gasteiger partial charge in [0.15, 0.2) is 10.2 Å². The Morgan fingerprint density at radius 1 is 1.82 bits per heavy atom.